The topological polar surface area (TPSA) is 18.5 Å². The van der Waals surface area contributed by atoms with E-state index in [-0.39, 0.29) is 0 Å². The first-order chi connectivity index (χ1) is 9.26. The zero-order valence-electron chi connectivity index (χ0n) is 12.7. The number of hydrogen-bond acceptors (Lipinski definition) is 3. The molecule has 0 radical (unpaired) electrons. The number of rotatable bonds is 2. The first-order valence-electron chi connectivity index (χ1n) is 8.37. The van der Waals surface area contributed by atoms with Crippen molar-refractivity contribution >= 4 is 0 Å². The Balaban J connectivity index is 1.42. The maximum Gasteiger partial charge on any atom is 0.00106 e. The van der Waals surface area contributed by atoms with E-state index in [9.17, 15) is 0 Å². The monoisotopic (exact) mass is 265 g/mol. The predicted octanol–water partition coefficient (Wildman–Crippen LogP) is 1.79. The summed E-state index contributed by atoms with van der Waals surface area (Å²) in [7, 11) is 2.26. The molecule has 19 heavy (non-hydrogen) atoms. The highest BCUT2D eigenvalue weighted by Gasteiger charge is 2.35. The summed E-state index contributed by atoms with van der Waals surface area (Å²) in [4.78, 5) is 5.25. The van der Waals surface area contributed by atoms with Crippen LogP contribution in [-0.2, 0) is 0 Å². The standard InChI is InChI=1S/C16H31N3/c1-18-10-2-15(3-11-18)14-19-12-6-16(7-13-19)4-8-17-9-5-16/h15,17H,2-14H2,1H3. The SMILES string of the molecule is CN1CCC(CN2CCC3(CCNCC3)CC2)CC1. The molecule has 0 aromatic rings. The Morgan fingerprint density at radius 3 is 2.21 bits per heavy atom. The maximum absolute atomic E-state index is 3.52. The minimum absolute atomic E-state index is 0.717. The summed E-state index contributed by atoms with van der Waals surface area (Å²) in [6.07, 6.45) is 8.61. The van der Waals surface area contributed by atoms with Gasteiger partial charge in [-0.05, 0) is 96.2 Å². The van der Waals surface area contributed by atoms with Gasteiger partial charge in [0.05, 0.1) is 0 Å². The minimum Gasteiger partial charge on any atom is -0.317 e. The average molecular weight is 265 g/mol. The fraction of sp³-hybridized carbons (Fsp3) is 1.00. The Kier molecular flexibility index (Phi) is 4.45. The molecule has 3 nitrogen and oxygen atoms in total. The van der Waals surface area contributed by atoms with Gasteiger partial charge in [0.1, 0.15) is 0 Å². The Bertz CT molecular complexity index is 268. The maximum atomic E-state index is 3.52. The first kappa shape index (κ1) is 13.8. The molecule has 0 amide bonds. The van der Waals surface area contributed by atoms with Crippen LogP contribution in [0.3, 0.4) is 0 Å². The van der Waals surface area contributed by atoms with Crippen molar-refractivity contribution in [3.8, 4) is 0 Å². The molecular formula is C16H31N3. The molecule has 1 spiro atoms. The van der Waals surface area contributed by atoms with Crippen molar-refractivity contribution in [3.63, 3.8) is 0 Å². The number of hydrogen-bond donors (Lipinski definition) is 1. The lowest BCUT2D eigenvalue weighted by Gasteiger charge is -2.45. The summed E-state index contributed by atoms with van der Waals surface area (Å²) in [5, 5.41) is 3.52. The molecule has 3 rings (SSSR count). The molecule has 3 aliphatic heterocycles. The summed E-state index contributed by atoms with van der Waals surface area (Å²) in [5.41, 5.74) is 0.717. The quantitative estimate of drug-likeness (QED) is 0.821. The van der Waals surface area contributed by atoms with Crippen LogP contribution in [0.15, 0.2) is 0 Å². The molecule has 3 heterocycles. The number of nitrogens with zero attached hydrogens (tertiary/aromatic N) is 2. The molecule has 0 aromatic carbocycles. The fourth-order valence-corrected chi connectivity index (χ4v) is 4.28. The predicted molar refractivity (Wildman–Crippen MR) is 80.4 cm³/mol. The van der Waals surface area contributed by atoms with Crippen LogP contribution in [-0.4, -0.2) is 62.7 Å². The van der Waals surface area contributed by atoms with E-state index in [0.29, 0.717) is 5.41 Å². The van der Waals surface area contributed by atoms with E-state index in [1.807, 2.05) is 0 Å². The van der Waals surface area contributed by atoms with Crippen molar-refractivity contribution in [3.05, 3.63) is 0 Å². The number of nitrogens with one attached hydrogen (secondary N) is 1. The second kappa shape index (κ2) is 6.11. The molecule has 0 atom stereocenters. The van der Waals surface area contributed by atoms with Crippen LogP contribution in [0, 0.1) is 11.3 Å². The van der Waals surface area contributed by atoms with Crippen LogP contribution < -0.4 is 5.32 Å². The van der Waals surface area contributed by atoms with Crippen LogP contribution in [0.1, 0.15) is 38.5 Å². The summed E-state index contributed by atoms with van der Waals surface area (Å²) in [6, 6.07) is 0. The number of likely N-dealkylation sites (tertiary alicyclic amines) is 2. The van der Waals surface area contributed by atoms with E-state index in [2.05, 4.69) is 22.2 Å². The highest BCUT2D eigenvalue weighted by molar-refractivity contribution is 4.90. The molecule has 0 saturated carbocycles. The van der Waals surface area contributed by atoms with Gasteiger partial charge in [-0.25, -0.2) is 0 Å². The van der Waals surface area contributed by atoms with E-state index in [0.717, 1.165) is 5.92 Å². The molecule has 0 bridgehead atoms. The van der Waals surface area contributed by atoms with Crippen molar-refractivity contribution in [1.82, 2.24) is 15.1 Å². The highest BCUT2D eigenvalue weighted by Crippen LogP contribution is 2.39. The van der Waals surface area contributed by atoms with Gasteiger partial charge in [-0.1, -0.05) is 0 Å². The van der Waals surface area contributed by atoms with E-state index >= 15 is 0 Å². The van der Waals surface area contributed by atoms with Gasteiger partial charge in [0.15, 0.2) is 0 Å². The minimum atomic E-state index is 0.717. The Morgan fingerprint density at radius 2 is 1.58 bits per heavy atom. The summed E-state index contributed by atoms with van der Waals surface area (Å²) in [5.74, 6) is 0.971. The molecule has 3 aliphatic rings. The number of piperidine rings is 3. The highest BCUT2D eigenvalue weighted by atomic mass is 15.1. The van der Waals surface area contributed by atoms with Crippen LogP contribution in [0.4, 0.5) is 0 Å². The molecule has 0 unspecified atom stereocenters. The molecule has 0 aromatic heterocycles. The Hall–Kier alpha value is -0.120. The van der Waals surface area contributed by atoms with Crippen LogP contribution in [0.2, 0.25) is 0 Å². The third-order valence-corrected chi connectivity index (χ3v) is 5.94. The summed E-state index contributed by atoms with van der Waals surface area (Å²) >= 11 is 0. The van der Waals surface area contributed by atoms with Crippen molar-refractivity contribution in [2.24, 2.45) is 11.3 Å². The molecule has 3 fully saturated rings. The van der Waals surface area contributed by atoms with Crippen LogP contribution in [0.5, 0.6) is 0 Å². The smallest absolute Gasteiger partial charge is 0.00106 e. The van der Waals surface area contributed by atoms with Gasteiger partial charge in [0, 0.05) is 6.54 Å². The average Bonchev–Trinajstić information content (AvgIpc) is 2.45. The largest absolute Gasteiger partial charge is 0.317 e. The van der Waals surface area contributed by atoms with Gasteiger partial charge in [-0.3, -0.25) is 0 Å². The normalized spacial score (nSPS) is 30.8. The Morgan fingerprint density at radius 1 is 0.947 bits per heavy atom. The molecule has 3 saturated heterocycles. The lowest BCUT2D eigenvalue weighted by molar-refractivity contribution is 0.0575. The second-order valence-electron chi connectivity index (χ2n) is 7.30. The van der Waals surface area contributed by atoms with Crippen LogP contribution >= 0.6 is 0 Å². The Labute approximate surface area is 118 Å². The third kappa shape index (κ3) is 3.50. The van der Waals surface area contributed by atoms with Gasteiger partial charge >= 0.3 is 0 Å². The van der Waals surface area contributed by atoms with Gasteiger partial charge in [-0.15, -0.1) is 0 Å². The van der Waals surface area contributed by atoms with Gasteiger partial charge in [0.2, 0.25) is 0 Å². The molecule has 3 heteroatoms. The van der Waals surface area contributed by atoms with Gasteiger partial charge in [-0.2, -0.15) is 0 Å². The molecular weight excluding hydrogens is 234 g/mol. The van der Waals surface area contributed by atoms with Crippen molar-refractivity contribution in [1.29, 1.82) is 0 Å². The zero-order chi connectivity index (χ0) is 13.1. The van der Waals surface area contributed by atoms with E-state index in [4.69, 9.17) is 0 Å². The van der Waals surface area contributed by atoms with E-state index < -0.39 is 0 Å². The summed E-state index contributed by atoms with van der Waals surface area (Å²) in [6.45, 7) is 9.26. The second-order valence-corrected chi connectivity index (χ2v) is 7.30. The molecule has 110 valence electrons. The van der Waals surface area contributed by atoms with Gasteiger partial charge < -0.3 is 15.1 Å². The molecule has 1 N–H and O–H groups in total. The third-order valence-electron chi connectivity index (χ3n) is 5.94. The lowest BCUT2D eigenvalue weighted by Crippen LogP contribution is -2.47. The molecule has 0 aliphatic carbocycles. The van der Waals surface area contributed by atoms with Gasteiger partial charge in [0.25, 0.3) is 0 Å². The zero-order valence-corrected chi connectivity index (χ0v) is 12.7. The van der Waals surface area contributed by atoms with Crippen LogP contribution in [0.25, 0.3) is 0 Å². The van der Waals surface area contributed by atoms with Crippen molar-refractivity contribution in [2.75, 3.05) is 52.9 Å². The first-order valence-corrected chi connectivity index (χ1v) is 8.37. The fourth-order valence-electron chi connectivity index (χ4n) is 4.28. The van der Waals surface area contributed by atoms with E-state index in [1.165, 1.54) is 84.3 Å². The lowest BCUT2D eigenvalue weighted by atomic mass is 9.71. The van der Waals surface area contributed by atoms with Crippen molar-refractivity contribution in [2.45, 2.75) is 38.5 Å². The van der Waals surface area contributed by atoms with Crippen molar-refractivity contribution < 1.29 is 0 Å². The van der Waals surface area contributed by atoms with E-state index in [1.54, 1.807) is 0 Å². The summed E-state index contributed by atoms with van der Waals surface area (Å²) < 4.78 is 0.